The van der Waals surface area contributed by atoms with Gasteiger partial charge in [0.1, 0.15) is 5.82 Å². The van der Waals surface area contributed by atoms with E-state index in [0.717, 1.165) is 5.56 Å². The Morgan fingerprint density at radius 2 is 2.25 bits per heavy atom. The van der Waals surface area contributed by atoms with Gasteiger partial charge >= 0.3 is 0 Å². The van der Waals surface area contributed by atoms with Crippen LogP contribution in [-0.4, -0.2) is 24.5 Å². The molecule has 1 aromatic carbocycles. The van der Waals surface area contributed by atoms with Gasteiger partial charge in [0, 0.05) is 18.6 Å². The van der Waals surface area contributed by atoms with E-state index in [0.29, 0.717) is 12.6 Å². The number of rotatable bonds is 4. The Balaban J connectivity index is 2.14. The summed E-state index contributed by atoms with van der Waals surface area (Å²) in [7, 11) is 2.09. The Bertz CT molecular complexity index is 350. The quantitative estimate of drug-likeness (QED) is 0.847. The van der Waals surface area contributed by atoms with Gasteiger partial charge in [-0.1, -0.05) is 18.6 Å². The number of hydrogen-bond donors (Lipinski definition) is 1. The average molecular weight is 222 g/mol. The Kier molecular flexibility index (Phi) is 3.56. The van der Waals surface area contributed by atoms with Crippen LogP contribution in [0.25, 0.3) is 0 Å². The molecule has 0 aromatic heterocycles. The lowest BCUT2D eigenvalue weighted by molar-refractivity contribution is 0.113. The molecule has 0 aliphatic heterocycles. The van der Waals surface area contributed by atoms with E-state index in [9.17, 15) is 4.39 Å². The summed E-state index contributed by atoms with van der Waals surface area (Å²) in [5, 5.41) is 0. The van der Waals surface area contributed by atoms with Gasteiger partial charge in [-0.2, -0.15) is 0 Å². The van der Waals surface area contributed by atoms with Gasteiger partial charge in [-0.3, -0.25) is 4.90 Å². The van der Waals surface area contributed by atoms with Crippen molar-refractivity contribution in [2.45, 2.75) is 31.3 Å². The van der Waals surface area contributed by atoms with Gasteiger partial charge in [0.25, 0.3) is 0 Å². The topological polar surface area (TPSA) is 29.3 Å². The highest BCUT2D eigenvalue weighted by Gasteiger charge is 2.27. The first kappa shape index (κ1) is 11.6. The van der Waals surface area contributed by atoms with Crippen molar-refractivity contribution in [1.29, 1.82) is 0 Å². The van der Waals surface area contributed by atoms with E-state index in [2.05, 4.69) is 11.9 Å². The predicted molar refractivity (Wildman–Crippen MR) is 63.6 cm³/mol. The van der Waals surface area contributed by atoms with E-state index in [-0.39, 0.29) is 11.9 Å². The van der Waals surface area contributed by atoms with Crippen LogP contribution in [0.5, 0.6) is 0 Å². The largest absolute Gasteiger partial charge is 0.329 e. The molecule has 0 radical (unpaired) electrons. The number of nitrogens with two attached hydrogens (primary N) is 1. The maximum Gasteiger partial charge on any atom is 0.123 e. The average Bonchev–Trinajstić information content (AvgIpc) is 2.16. The molecule has 0 amide bonds. The molecule has 1 aliphatic carbocycles. The number of benzene rings is 1. The highest BCUT2D eigenvalue weighted by molar-refractivity contribution is 5.21. The van der Waals surface area contributed by atoms with Crippen LogP contribution in [0, 0.1) is 5.82 Å². The number of hydrogen-bond acceptors (Lipinski definition) is 2. The van der Waals surface area contributed by atoms with Gasteiger partial charge in [-0.05, 0) is 37.6 Å². The lowest BCUT2D eigenvalue weighted by atomic mass is 9.89. The molecule has 2 nitrogen and oxygen atoms in total. The summed E-state index contributed by atoms with van der Waals surface area (Å²) in [6, 6.07) is 7.53. The van der Waals surface area contributed by atoms with Crippen molar-refractivity contribution in [3.63, 3.8) is 0 Å². The second kappa shape index (κ2) is 4.93. The summed E-state index contributed by atoms with van der Waals surface area (Å²) in [5.74, 6) is -0.182. The highest BCUT2D eigenvalue weighted by Crippen LogP contribution is 2.30. The lowest BCUT2D eigenvalue weighted by Crippen LogP contribution is -2.42. The van der Waals surface area contributed by atoms with Gasteiger partial charge in [-0.25, -0.2) is 4.39 Å². The third-order valence-corrected chi connectivity index (χ3v) is 3.60. The molecule has 0 heterocycles. The monoisotopic (exact) mass is 222 g/mol. The van der Waals surface area contributed by atoms with Crippen LogP contribution in [0.15, 0.2) is 24.3 Å². The van der Waals surface area contributed by atoms with Crippen molar-refractivity contribution in [2.24, 2.45) is 5.73 Å². The number of likely N-dealkylation sites (N-methyl/N-ethyl adjacent to an activating group) is 1. The van der Waals surface area contributed by atoms with E-state index in [1.807, 2.05) is 6.07 Å². The van der Waals surface area contributed by atoms with E-state index < -0.39 is 0 Å². The second-order valence-electron chi connectivity index (χ2n) is 4.56. The molecule has 1 aromatic rings. The van der Waals surface area contributed by atoms with Crippen LogP contribution < -0.4 is 5.73 Å². The molecule has 1 aliphatic rings. The summed E-state index contributed by atoms with van der Waals surface area (Å²) in [5.41, 5.74) is 6.79. The summed E-state index contributed by atoms with van der Waals surface area (Å²) in [6.45, 7) is 0.538. The number of halogens is 1. The molecule has 0 saturated heterocycles. The first-order valence-corrected chi connectivity index (χ1v) is 5.90. The zero-order valence-corrected chi connectivity index (χ0v) is 9.70. The van der Waals surface area contributed by atoms with E-state index in [4.69, 9.17) is 5.73 Å². The zero-order valence-electron chi connectivity index (χ0n) is 9.70. The van der Waals surface area contributed by atoms with Gasteiger partial charge in [0.15, 0.2) is 0 Å². The van der Waals surface area contributed by atoms with E-state index in [1.165, 1.54) is 25.3 Å². The highest BCUT2D eigenvalue weighted by atomic mass is 19.1. The minimum atomic E-state index is -0.182. The van der Waals surface area contributed by atoms with Crippen molar-refractivity contribution < 1.29 is 4.39 Å². The molecule has 16 heavy (non-hydrogen) atoms. The van der Waals surface area contributed by atoms with Gasteiger partial charge in [-0.15, -0.1) is 0 Å². The van der Waals surface area contributed by atoms with Crippen LogP contribution >= 0.6 is 0 Å². The molecular formula is C13H19FN2. The summed E-state index contributed by atoms with van der Waals surface area (Å²) in [4.78, 5) is 2.29. The fraction of sp³-hybridized carbons (Fsp3) is 0.538. The Morgan fingerprint density at radius 1 is 1.50 bits per heavy atom. The van der Waals surface area contributed by atoms with E-state index >= 15 is 0 Å². The molecular weight excluding hydrogens is 203 g/mol. The Labute approximate surface area is 96.2 Å². The smallest absolute Gasteiger partial charge is 0.123 e. The maximum absolute atomic E-state index is 13.2. The van der Waals surface area contributed by atoms with Crippen molar-refractivity contribution in [3.8, 4) is 0 Å². The van der Waals surface area contributed by atoms with E-state index in [1.54, 1.807) is 12.1 Å². The first-order valence-electron chi connectivity index (χ1n) is 5.90. The molecule has 2 rings (SSSR count). The number of nitrogens with zero attached hydrogens (tertiary/aromatic N) is 1. The summed E-state index contributed by atoms with van der Waals surface area (Å²) >= 11 is 0. The normalized spacial score (nSPS) is 18.5. The molecule has 0 bridgehead atoms. The van der Waals surface area contributed by atoms with Crippen molar-refractivity contribution in [3.05, 3.63) is 35.6 Å². The summed E-state index contributed by atoms with van der Waals surface area (Å²) < 4.78 is 13.2. The summed E-state index contributed by atoms with van der Waals surface area (Å²) in [6.07, 6.45) is 3.78. The third kappa shape index (κ3) is 2.25. The zero-order chi connectivity index (χ0) is 11.5. The fourth-order valence-corrected chi connectivity index (χ4v) is 2.30. The van der Waals surface area contributed by atoms with Crippen LogP contribution in [-0.2, 0) is 0 Å². The fourth-order valence-electron chi connectivity index (χ4n) is 2.30. The minimum Gasteiger partial charge on any atom is -0.329 e. The first-order chi connectivity index (χ1) is 7.72. The van der Waals surface area contributed by atoms with Gasteiger partial charge in [0.05, 0.1) is 0 Å². The minimum absolute atomic E-state index is 0.140. The molecule has 1 unspecified atom stereocenters. The third-order valence-electron chi connectivity index (χ3n) is 3.60. The van der Waals surface area contributed by atoms with Crippen LogP contribution in [0.4, 0.5) is 4.39 Å². The van der Waals surface area contributed by atoms with Gasteiger partial charge < -0.3 is 5.73 Å². The maximum atomic E-state index is 13.2. The SMILES string of the molecule is CN(C1CCC1)C(CN)c1cccc(F)c1. The van der Waals surface area contributed by atoms with Crippen LogP contribution in [0.2, 0.25) is 0 Å². The molecule has 88 valence electrons. The van der Waals surface area contributed by atoms with Crippen LogP contribution in [0.3, 0.4) is 0 Å². The van der Waals surface area contributed by atoms with Crippen LogP contribution in [0.1, 0.15) is 30.9 Å². The molecule has 1 fully saturated rings. The Morgan fingerprint density at radius 3 is 2.75 bits per heavy atom. The standard InChI is InChI=1S/C13H19FN2/c1-16(12-6-3-7-12)13(9-15)10-4-2-5-11(14)8-10/h2,4-5,8,12-13H,3,6-7,9,15H2,1H3. The predicted octanol–water partition coefficient (Wildman–Crippen LogP) is 2.31. The van der Waals surface area contributed by atoms with Gasteiger partial charge in [0.2, 0.25) is 0 Å². The molecule has 3 heteroatoms. The second-order valence-corrected chi connectivity index (χ2v) is 4.56. The molecule has 2 N–H and O–H groups in total. The van der Waals surface area contributed by atoms with Crippen molar-refractivity contribution in [1.82, 2.24) is 4.90 Å². The molecule has 1 saturated carbocycles. The van der Waals surface area contributed by atoms with Crippen molar-refractivity contribution in [2.75, 3.05) is 13.6 Å². The van der Waals surface area contributed by atoms with Crippen molar-refractivity contribution >= 4 is 0 Å². The molecule has 0 spiro atoms. The molecule has 1 atom stereocenters. The lowest BCUT2D eigenvalue weighted by Gasteiger charge is -2.39. The Hall–Kier alpha value is -0.930.